The van der Waals surface area contributed by atoms with Crippen molar-refractivity contribution in [1.29, 1.82) is 0 Å². The van der Waals surface area contributed by atoms with Crippen LogP contribution in [-0.2, 0) is 4.79 Å². The van der Waals surface area contributed by atoms with Crippen LogP contribution >= 0.6 is 22.9 Å². The molecule has 0 saturated carbocycles. The van der Waals surface area contributed by atoms with Crippen LogP contribution in [0, 0.1) is 0 Å². The molecule has 3 rings (SSSR count). The van der Waals surface area contributed by atoms with Crippen molar-refractivity contribution < 1.29 is 19.1 Å². The number of carbonyl (C=O) groups excluding carboxylic acids is 3. The van der Waals surface area contributed by atoms with Crippen LogP contribution < -0.4 is 20.9 Å². The van der Waals surface area contributed by atoms with Crippen LogP contribution in [0.3, 0.4) is 0 Å². The Morgan fingerprint density at radius 1 is 1.04 bits per heavy atom. The van der Waals surface area contributed by atoms with Crippen LogP contribution in [-0.4, -0.2) is 24.8 Å². The summed E-state index contributed by atoms with van der Waals surface area (Å²) in [4.78, 5) is 36.1. The van der Waals surface area contributed by atoms with Crippen molar-refractivity contribution in [3.05, 3.63) is 57.9 Å². The summed E-state index contributed by atoms with van der Waals surface area (Å²) in [5.74, 6) is -0.650. The summed E-state index contributed by atoms with van der Waals surface area (Å²) in [5, 5.41) is 3.63. The highest BCUT2D eigenvalue weighted by molar-refractivity contribution is 7.21. The van der Waals surface area contributed by atoms with Crippen molar-refractivity contribution in [2.75, 3.05) is 12.4 Å². The fourth-order valence-electron chi connectivity index (χ4n) is 2.50. The number of methoxy groups -OCH3 is 1. The zero-order valence-electron chi connectivity index (χ0n) is 15.0. The quantitative estimate of drug-likeness (QED) is 0.565. The van der Waals surface area contributed by atoms with Crippen LogP contribution in [0.25, 0.3) is 10.1 Å². The van der Waals surface area contributed by atoms with Crippen LogP contribution in [0.15, 0.2) is 42.5 Å². The monoisotopic (exact) mass is 417 g/mol. The number of thiophene rings is 1. The van der Waals surface area contributed by atoms with Crippen molar-refractivity contribution in [3.63, 3.8) is 0 Å². The Labute approximate surface area is 169 Å². The van der Waals surface area contributed by atoms with Gasteiger partial charge < -0.3 is 10.1 Å². The SMILES string of the molecule is COc1ccc2c(Cl)c(C(=O)NNC(=O)c3cccc(NC(C)=O)c3)sc2c1. The first kappa shape index (κ1) is 19.7. The number of hydrazine groups is 1. The lowest BCUT2D eigenvalue weighted by Crippen LogP contribution is -2.41. The van der Waals surface area contributed by atoms with Gasteiger partial charge in [-0.2, -0.15) is 0 Å². The van der Waals surface area contributed by atoms with Gasteiger partial charge in [0.15, 0.2) is 0 Å². The Balaban J connectivity index is 1.72. The van der Waals surface area contributed by atoms with E-state index in [0.717, 1.165) is 10.1 Å². The minimum atomic E-state index is -0.531. The van der Waals surface area contributed by atoms with Gasteiger partial charge in [0.25, 0.3) is 11.8 Å². The minimum absolute atomic E-state index is 0.248. The minimum Gasteiger partial charge on any atom is -0.497 e. The van der Waals surface area contributed by atoms with E-state index in [2.05, 4.69) is 16.2 Å². The standard InChI is InChI=1S/C19H16ClN3O4S/c1-10(24)21-12-5-3-4-11(8-12)18(25)22-23-19(26)17-16(20)14-7-6-13(27-2)9-15(14)28-17/h3-9H,1-2H3,(H,21,24)(H,22,25)(H,23,26). The maximum atomic E-state index is 12.4. The van der Waals surface area contributed by atoms with Gasteiger partial charge in [0, 0.05) is 28.3 Å². The molecule has 0 unspecified atom stereocenters. The first-order valence-corrected chi connectivity index (χ1v) is 9.33. The molecule has 7 nitrogen and oxygen atoms in total. The Morgan fingerprint density at radius 2 is 1.79 bits per heavy atom. The van der Waals surface area contributed by atoms with E-state index in [-0.39, 0.29) is 16.3 Å². The van der Waals surface area contributed by atoms with Gasteiger partial charge >= 0.3 is 0 Å². The first-order valence-electron chi connectivity index (χ1n) is 8.13. The van der Waals surface area contributed by atoms with Crippen molar-refractivity contribution >= 4 is 56.4 Å². The Morgan fingerprint density at radius 3 is 2.50 bits per heavy atom. The summed E-state index contributed by atoms with van der Waals surface area (Å²) < 4.78 is 5.97. The third kappa shape index (κ3) is 4.24. The third-order valence-electron chi connectivity index (χ3n) is 3.78. The fourth-order valence-corrected chi connectivity index (χ4v) is 3.94. The smallest absolute Gasteiger partial charge is 0.281 e. The van der Waals surface area contributed by atoms with Crippen LogP contribution in [0.2, 0.25) is 5.02 Å². The van der Waals surface area contributed by atoms with Crippen LogP contribution in [0.1, 0.15) is 27.0 Å². The number of benzene rings is 2. The molecule has 1 heterocycles. The zero-order valence-corrected chi connectivity index (χ0v) is 16.5. The van der Waals surface area contributed by atoms with E-state index in [1.54, 1.807) is 43.5 Å². The molecule has 0 radical (unpaired) electrons. The molecule has 2 aromatic carbocycles. The number of anilines is 1. The highest BCUT2D eigenvalue weighted by Crippen LogP contribution is 2.37. The number of carbonyl (C=O) groups is 3. The number of hydrogen-bond acceptors (Lipinski definition) is 5. The van der Waals surface area contributed by atoms with Gasteiger partial charge in [0.05, 0.1) is 12.1 Å². The molecule has 9 heteroatoms. The summed E-state index contributed by atoms with van der Waals surface area (Å²) in [6.45, 7) is 1.37. The fraction of sp³-hybridized carbons (Fsp3) is 0.105. The molecule has 0 saturated heterocycles. The molecule has 0 aliphatic rings. The van der Waals surface area contributed by atoms with E-state index in [4.69, 9.17) is 16.3 Å². The molecule has 0 atom stereocenters. The molecule has 144 valence electrons. The molecule has 3 aromatic rings. The maximum absolute atomic E-state index is 12.4. The first-order chi connectivity index (χ1) is 13.4. The Kier molecular flexibility index (Phi) is 5.81. The van der Waals surface area contributed by atoms with E-state index in [1.165, 1.54) is 24.3 Å². The highest BCUT2D eigenvalue weighted by atomic mass is 35.5. The lowest BCUT2D eigenvalue weighted by Gasteiger charge is -2.08. The second-order valence-corrected chi connectivity index (χ2v) is 7.21. The molecule has 0 fully saturated rings. The second kappa shape index (κ2) is 8.28. The van der Waals surface area contributed by atoms with Gasteiger partial charge in [-0.3, -0.25) is 25.2 Å². The van der Waals surface area contributed by atoms with E-state index >= 15 is 0 Å². The van der Waals surface area contributed by atoms with Crippen LogP contribution in [0.4, 0.5) is 5.69 Å². The van der Waals surface area contributed by atoms with E-state index in [0.29, 0.717) is 16.5 Å². The Bertz CT molecular complexity index is 1080. The van der Waals surface area contributed by atoms with Crippen molar-refractivity contribution in [3.8, 4) is 5.75 Å². The summed E-state index contributed by atoms with van der Waals surface area (Å²) in [6.07, 6.45) is 0. The maximum Gasteiger partial charge on any atom is 0.281 e. The van der Waals surface area contributed by atoms with Gasteiger partial charge in [-0.15, -0.1) is 11.3 Å². The molecule has 3 N–H and O–H groups in total. The summed E-state index contributed by atoms with van der Waals surface area (Å²) in [5.41, 5.74) is 5.46. The number of rotatable bonds is 4. The van der Waals surface area contributed by atoms with Gasteiger partial charge in [-0.05, 0) is 36.4 Å². The average Bonchev–Trinajstić information content (AvgIpc) is 3.01. The zero-order chi connectivity index (χ0) is 20.3. The third-order valence-corrected chi connectivity index (χ3v) is 5.43. The van der Waals surface area contributed by atoms with Gasteiger partial charge in [-0.1, -0.05) is 17.7 Å². The second-order valence-electron chi connectivity index (χ2n) is 5.78. The van der Waals surface area contributed by atoms with Crippen LogP contribution in [0.5, 0.6) is 5.75 Å². The molecule has 0 bridgehead atoms. The summed E-state index contributed by atoms with van der Waals surface area (Å²) in [6, 6.07) is 11.7. The molecule has 28 heavy (non-hydrogen) atoms. The number of ether oxygens (including phenoxy) is 1. The predicted octanol–water partition coefficient (Wildman–Crippen LogP) is 3.60. The number of nitrogens with one attached hydrogen (secondary N) is 3. The van der Waals surface area contributed by atoms with Crippen molar-refractivity contribution in [2.45, 2.75) is 6.92 Å². The number of halogens is 1. The number of fused-ring (bicyclic) bond motifs is 1. The van der Waals surface area contributed by atoms with Gasteiger partial charge in [-0.25, -0.2) is 0 Å². The lowest BCUT2D eigenvalue weighted by atomic mass is 10.2. The van der Waals surface area contributed by atoms with Crippen molar-refractivity contribution in [1.82, 2.24) is 10.9 Å². The average molecular weight is 418 g/mol. The summed E-state index contributed by atoms with van der Waals surface area (Å²) >= 11 is 7.50. The van der Waals surface area contributed by atoms with Gasteiger partial charge in [0.2, 0.25) is 5.91 Å². The normalized spacial score (nSPS) is 10.4. The molecule has 0 aliphatic heterocycles. The van der Waals surface area contributed by atoms with Crippen molar-refractivity contribution in [2.24, 2.45) is 0 Å². The highest BCUT2D eigenvalue weighted by Gasteiger charge is 2.18. The molecular weight excluding hydrogens is 402 g/mol. The summed E-state index contributed by atoms with van der Waals surface area (Å²) in [7, 11) is 1.56. The molecule has 0 aliphatic carbocycles. The molecule has 1 aromatic heterocycles. The Hall–Kier alpha value is -3.10. The number of hydrogen-bond donors (Lipinski definition) is 3. The molecule has 3 amide bonds. The predicted molar refractivity (Wildman–Crippen MR) is 109 cm³/mol. The number of amides is 3. The topological polar surface area (TPSA) is 96.5 Å². The van der Waals surface area contributed by atoms with E-state index in [1.807, 2.05) is 0 Å². The van der Waals surface area contributed by atoms with E-state index < -0.39 is 11.8 Å². The molecular formula is C19H16ClN3O4S. The van der Waals surface area contributed by atoms with Gasteiger partial charge in [0.1, 0.15) is 10.6 Å². The van der Waals surface area contributed by atoms with E-state index in [9.17, 15) is 14.4 Å². The molecule has 0 spiro atoms. The lowest BCUT2D eigenvalue weighted by molar-refractivity contribution is -0.114. The largest absolute Gasteiger partial charge is 0.497 e.